The van der Waals surface area contributed by atoms with Crippen LogP contribution in [0, 0.1) is 23.7 Å². The summed E-state index contributed by atoms with van der Waals surface area (Å²) in [5.74, 6) is -2.10. The smallest absolute Gasteiger partial charge is 0.224 e. The molecule has 0 aliphatic carbocycles. The van der Waals surface area contributed by atoms with E-state index in [-0.39, 0.29) is 53.8 Å². The molecule has 2 N–H and O–H groups in total. The third-order valence-electron chi connectivity index (χ3n) is 11.0. The van der Waals surface area contributed by atoms with Crippen LogP contribution in [0.3, 0.4) is 0 Å². The highest BCUT2D eigenvalue weighted by Gasteiger charge is 2.50. The zero-order chi connectivity index (χ0) is 40.0. The van der Waals surface area contributed by atoms with Gasteiger partial charge in [-0.3, -0.25) is 24.0 Å². The highest BCUT2D eigenvalue weighted by molar-refractivity contribution is 5.98. The van der Waals surface area contributed by atoms with Crippen LogP contribution >= 0.6 is 0 Å². The number of hydrogen-bond acceptors (Lipinski definition) is 8. The first-order valence-electron chi connectivity index (χ1n) is 20.5. The predicted molar refractivity (Wildman–Crippen MR) is 216 cm³/mol. The van der Waals surface area contributed by atoms with Crippen LogP contribution in [0.5, 0.6) is 0 Å². The van der Waals surface area contributed by atoms with E-state index in [0.29, 0.717) is 45.1 Å². The van der Waals surface area contributed by atoms with Crippen LogP contribution in [0.25, 0.3) is 0 Å². The van der Waals surface area contributed by atoms with Gasteiger partial charge in [-0.2, -0.15) is 0 Å². The van der Waals surface area contributed by atoms with Gasteiger partial charge in [-0.15, -0.1) is 0 Å². The summed E-state index contributed by atoms with van der Waals surface area (Å²) in [4.78, 5) is 73.9. The van der Waals surface area contributed by atoms with E-state index in [9.17, 15) is 24.0 Å². The number of Topliss-reactive ketones (excluding diaryl/α,β-unsaturated/α-hetero) is 3. The number of ether oxygens (including phenoxy) is 1. The molecule has 0 aromatic heterocycles. The van der Waals surface area contributed by atoms with Crippen molar-refractivity contribution in [1.29, 1.82) is 0 Å². The molecule has 0 saturated carbocycles. The van der Waals surface area contributed by atoms with Crippen LogP contribution < -0.4 is 10.6 Å². The molecule has 302 valence electrons. The Hall–Kier alpha value is -3.73. The molecule has 55 heavy (non-hydrogen) atoms. The molecule has 2 amide bonds. The largest absolute Gasteiger partial charge is 0.361 e. The average molecular weight is 759 g/mol. The number of nitrogens with one attached hydrogen (secondary N) is 2. The molecule has 2 aromatic rings. The molecule has 2 saturated heterocycles. The molecule has 2 fully saturated rings. The molecule has 2 aliphatic rings. The third kappa shape index (κ3) is 15.0. The number of carbonyl (C=O) groups is 5. The minimum atomic E-state index is -0.896. The van der Waals surface area contributed by atoms with Gasteiger partial charge < -0.3 is 25.2 Å². The Balaban J connectivity index is 1.47. The molecule has 4 rings (SSSR count). The summed E-state index contributed by atoms with van der Waals surface area (Å²) in [6, 6.07) is 17.9. The first kappa shape index (κ1) is 44.0. The number of carbonyl (C=O) groups excluding carboxylic acids is 5. The quantitative estimate of drug-likeness (QED) is 0.135. The fourth-order valence-corrected chi connectivity index (χ4v) is 7.44. The number of likely N-dealkylation sites (N-methyl/N-ethyl adjacent to an activating group) is 1. The van der Waals surface area contributed by atoms with E-state index in [1.54, 1.807) is 6.92 Å². The van der Waals surface area contributed by atoms with Gasteiger partial charge in [0.05, 0.1) is 18.7 Å². The fraction of sp³-hybridized carbons (Fsp3) is 0.622. The molecule has 10 heteroatoms. The fourth-order valence-electron chi connectivity index (χ4n) is 7.44. The van der Waals surface area contributed by atoms with Gasteiger partial charge in [-0.1, -0.05) is 88.4 Å². The molecule has 10 nitrogen and oxygen atoms in total. The third-order valence-corrected chi connectivity index (χ3v) is 11.0. The van der Waals surface area contributed by atoms with E-state index < -0.39 is 29.5 Å². The molecular formula is C45H66N4O6. The summed E-state index contributed by atoms with van der Waals surface area (Å²) in [5, 5.41) is 6.07. The molecule has 2 aromatic carbocycles. The van der Waals surface area contributed by atoms with Gasteiger partial charge in [-0.05, 0) is 82.0 Å². The van der Waals surface area contributed by atoms with Crippen LogP contribution in [0.2, 0.25) is 0 Å². The summed E-state index contributed by atoms with van der Waals surface area (Å²) >= 11 is 0. The van der Waals surface area contributed by atoms with Gasteiger partial charge in [0.15, 0.2) is 11.6 Å². The Labute approximate surface area is 329 Å². The minimum absolute atomic E-state index is 0.0598. The highest BCUT2D eigenvalue weighted by atomic mass is 16.6. The van der Waals surface area contributed by atoms with Gasteiger partial charge >= 0.3 is 0 Å². The van der Waals surface area contributed by atoms with Crippen LogP contribution in [-0.2, 0) is 41.6 Å². The Morgan fingerprint density at radius 2 is 1.29 bits per heavy atom. The number of ketones is 3. The maximum Gasteiger partial charge on any atom is 0.224 e. The summed E-state index contributed by atoms with van der Waals surface area (Å²) in [7, 11) is 2.13. The molecule has 2 aliphatic heterocycles. The van der Waals surface area contributed by atoms with Crippen LogP contribution in [-0.4, -0.2) is 103 Å². The van der Waals surface area contributed by atoms with E-state index in [1.807, 2.05) is 88.4 Å². The number of hydrogen-bond donors (Lipinski definition) is 2. The molecule has 0 bridgehead atoms. The van der Waals surface area contributed by atoms with Gasteiger partial charge in [0, 0.05) is 57.3 Å². The van der Waals surface area contributed by atoms with Crippen molar-refractivity contribution in [2.75, 3.05) is 46.4 Å². The van der Waals surface area contributed by atoms with Crippen molar-refractivity contribution in [2.24, 2.45) is 23.7 Å². The molecule has 1 unspecified atom stereocenters. The second-order valence-corrected chi connectivity index (χ2v) is 17.0. The average Bonchev–Trinajstić information content (AvgIpc) is 3.91. The number of amides is 2. The lowest BCUT2D eigenvalue weighted by Gasteiger charge is -2.32. The van der Waals surface area contributed by atoms with Crippen molar-refractivity contribution in [2.45, 2.75) is 110 Å². The Morgan fingerprint density at radius 3 is 1.87 bits per heavy atom. The van der Waals surface area contributed by atoms with E-state index in [1.165, 1.54) is 0 Å². The number of epoxide rings is 1. The zero-order valence-electron chi connectivity index (χ0n) is 34.2. The van der Waals surface area contributed by atoms with E-state index in [4.69, 9.17) is 4.74 Å². The molecule has 2 heterocycles. The molecular weight excluding hydrogens is 693 g/mol. The van der Waals surface area contributed by atoms with Crippen molar-refractivity contribution in [3.8, 4) is 0 Å². The summed E-state index contributed by atoms with van der Waals surface area (Å²) < 4.78 is 5.44. The second kappa shape index (κ2) is 21.5. The van der Waals surface area contributed by atoms with Crippen molar-refractivity contribution in [1.82, 2.24) is 20.4 Å². The van der Waals surface area contributed by atoms with Gasteiger partial charge in [0.2, 0.25) is 11.8 Å². The highest BCUT2D eigenvalue weighted by Crippen LogP contribution is 2.30. The molecule has 0 spiro atoms. The van der Waals surface area contributed by atoms with Crippen molar-refractivity contribution in [3.05, 3.63) is 71.8 Å². The van der Waals surface area contributed by atoms with Gasteiger partial charge in [0.25, 0.3) is 0 Å². The first-order chi connectivity index (χ1) is 26.2. The topological polar surface area (TPSA) is 128 Å². The number of benzene rings is 2. The number of aryl methyl sites for hydroxylation is 1. The lowest BCUT2D eigenvalue weighted by Crippen LogP contribution is -2.50. The maximum absolute atomic E-state index is 14.3. The van der Waals surface area contributed by atoms with Gasteiger partial charge in [0.1, 0.15) is 11.4 Å². The lowest BCUT2D eigenvalue weighted by atomic mass is 9.87. The van der Waals surface area contributed by atoms with Crippen LogP contribution in [0.15, 0.2) is 60.7 Å². The zero-order valence-corrected chi connectivity index (χ0v) is 34.2. The minimum Gasteiger partial charge on any atom is -0.361 e. The number of rotatable bonds is 24. The Bertz CT molecular complexity index is 1530. The SMILES string of the molecule is CC(C)C[C@H](NC(=O)C(CCc1ccccc1)CC(=O)CCCN1CCN(C)CC1)C(=O)C[C@@H](Cc1ccccc1)C(=O)N[C@@H](CC(C)C)C(=O)[C@@]1(C)CO1. The van der Waals surface area contributed by atoms with E-state index >= 15 is 0 Å². The number of nitrogens with zero attached hydrogens (tertiary/aromatic N) is 2. The number of piperazine rings is 1. The standard InChI is InChI=1S/C45H66N4O6/c1-32(2)26-39(41(51)30-37(28-35-16-11-8-12-17-35)44(54)47-40(27-33(3)4)42(52)45(5)31-55-45)46-43(53)36(20-19-34-14-9-7-10-15-34)29-38(50)18-13-21-49-24-22-48(6)23-25-49/h7-12,14-17,32-33,36-37,39-40H,13,18-31H2,1-6H3,(H,46,53)(H,47,54)/t36?,37-,39+,40+,45-/m1/s1. The van der Waals surface area contributed by atoms with Crippen molar-refractivity contribution in [3.63, 3.8) is 0 Å². The first-order valence-corrected chi connectivity index (χ1v) is 20.5. The maximum atomic E-state index is 14.3. The normalized spacial score (nSPS) is 19.7. The second-order valence-electron chi connectivity index (χ2n) is 17.0. The van der Waals surface area contributed by atoms with E-state index in [2.05, 4.69) is 27.5 Å². The van der Waals surface area contributed by atoms with E-state index in [0.717, 1.165) is 50.3 Å². The van der Waals surface area contributed by atoms with Crippen molar-refractivity contribution < 1.29 is 28.7 Å². The molecule has 5 atom stereocenters. The monoisotopic (exact) mass is 758 g/mol. The Kier molecular flexibility index (Phi) is 17.2. The predicted octanol–water partition coefficient (Wildman–Crippen LogP) is 5.46. The van der Waals surface area contributed by atoms with Crippen LogP contribution in [0.1, 0.15) is 90.7 Å². The summed E-state index contributed by atoms with van der Waals surface area (Å²) in [5.41, 5.74) is 1.09. The lowest BCUT2D eigenvalue weighted by molar-refractivity contribution is -0.135. The van der Waals surface area contributed by atoms with Gasteiger partial charge in [-0.25, -0.2) is 0 Å². The van der Waals surface area contributed by atoms with Crippen molar-refractivity contribution >= 4 is 29.2 Å². The Morgan fingerprint density at radius 1 is 0.745 bits per heavy atom. The molecule has 0 radical (unpaired) electrons. The summed E-state index contributed by atoms with van der Waals surface area (Å²) in [6.07, 6.45) is 3.47. The summed E-state index contributed by atoms with van der Waals surface area (Å²) in [6.45, 7) is 15.0. The van der Waals surface area contributed by atoms with Crippen LogP contribution in [0.4, 0.5) is 0 Å².